The van der Waals surface area contributed by atoms with Gasteiger partial charge in [-0.25, -0.2) is 4.79 Å². The fourth-order valence-corrected chi connectivity index (χ4v) is 1.02. The van der Waals surface area contributed by atoms with E-state index in [2.05, 4.69) is 12.6 Å². The molecule has 1 saturated heterocycles. The molecule has 14 heavy (non-hydrogen) atoms. The molecule has 0 bridgehead atoms. The molecule has 1 aliphatic rings. The summed E-state index contributed by atoms with van der Waals surface area (Å²) >= 11 is 3.83. The fraction of sp³-hybridized carbons (Fsp3) is 0.778. The number of aliphatic carboxylic acids is 1. The van der Waals surface area contributed by atoms with Crippen LogP contribution in [0.3, 0.4) is 0 Å². The molecule has 4 nitrogen and oxygen atoms in total. The smallest absolute Gasteiger partial charge is 0.326 e. The number of hydrogen-bond donors (Lipinski definition) is 2. The first-order valence-corrected chi connectivity index (χ1v) is 4.53. The van der Waals surface area contributed by atoms with Crippen molar-refractivity contribution in [3.63, 3.8) is 0 Å². The summed E-state index contributed by atoms with van der Waals surface area (Å²) in [5, 5.41) is 9.17. The summed E-state index contributed by atoms with van der Waals surface area (Å²) < 4.78 is 53.6. The van der Waals surface area contributed by atoms with Crippen molar-refractivity contribution in [2.45, 2.75) is 25.7 Å². The normalized spacial score (nSPS) is 47.0. The van der Waals surface area contributed by atoms with Gasteiger partial charge in [0.25, 0.3) is 0 Å². The van der Waals surface area contributed by atoms with Gasteiger partial charge in [-0.05, 0) is 12.7 Å². The summed E-state index contributed by atoms with van der Waals surface area (Å²) in [6.07, 6.45) is -6.84. The highest BCUT2D eigenvalue weighted by Gasteiger charge is 2.35. The summed E-state index contributed by atoms with van der Waals surface area (Å²) in [6.45, 7) is -2.00. The largest absolute Gasteiger partial charge is 0.480 e. The van der Waals surface area contributed by atoms with Gasteiger partial charge in [0.15, 0.2) is 0 Å². The van der Waals surface area contributed by atoms with Gasteiger partial charge < -0.3 is 10.0 Å². The predicted octanol–water partition coefficient (Wildman–Crippen LogP) is 0.628. The molecule has 0 spiro atoms. The molecular formula is C9H15NO3S. The SMILES string of the molecule is [2H]C1([2H])N(C(=O)[C@H](C)CS)[C@]([2H])(C(=O)O)C([2H])([2H])C1([2H])[2H]. The number of likely N-dealkylation sites (tertiary alicyclic amines) is 1. The molecule has 0 aromatic heterocycles. The van der Waals surface area contributed by atoms with E-state index >= 15 is 0 Å². The monoisotopic (exact) mass is 224 g/mol. The molecule has 2 atom stereocenters. The van der Waals surface area contributed by atoms with Gasteiger partial charge in [-0.3, -0.25) is 4.79 Å². The molecule has 1 fully saturated rings. The van der Waals surface area contributed by atoms with Gasteiger partial charge >= 0.3 is 5.97 Å². The number of carbonyl (C=O) groups is 2. The van der Waals surface area contributed by atoms with E-state index in [1.165, 1.54) is 6.92 Å². The molecule has 1 rings (SSSR count). The van der Waals surface area contributed by atoms with E-state index in [9.17, 15) is 14.7 Å². The van der Waals surface area contributed by atoms with Crippen LogP contribution in [0.1, 0.15) is 29.3 Å². The number of rotatable bonds is 3. The number of amides is 1. The Morgan fingerprint density at radius 2 is 2.50 bits per heavy atom. The topological polar surface area (TPSA) is 57.6 Å². The average molecular weight is 224 g/mol. The minimum absolute atomic E-state index is 0.0902. The van der Waals surface area contributed by atoms with Gasteiger partial charge in [0.2, 0.25) is 5.91 Å². The first kappa shape index (κ1) is 4.88. The third kappa shape index (κ3) is 2.20. The quantitative estimate of drug-likeness (QED) is 0.691. The average Bonchev–Trinajstić information content (AvgIpc) is 2.43. The Labute approximate surface area is 98.5 Å². The third-order valence-electron chi connectivity index (χ3n) is 1.69. The minimum atomic E-state index is -3.46. The lowest BCUT2D eigenvalue weighted by atomic mass is 10.1. The van der Waals surface area contributed by atoms with E-state index in [4.69, 9.17) is 9.60 Å². The van der Waals surface area contributed by atoms with Crippen LogP contribution in [-0.2, 0) is 9.59 Å². The van der Waals surface area contributed by atoms with E-state index < -0.39 is 43.1 Å². The number of thiol groups is 1. The summed E-state index contributed by atoms with van der Waals surface area (Å²) in [5.41, 5.74) is 0. The molecule has 0 unspecified atom stereocenters. The maximum Gasteiger partial charge on any atom is 0.326 e. The van der Waals surface area contributed by atoms with Crippen LogP contribution in [-0.4, -0.2) is 40.2 Å². The second kappa shape index (κ2) is 4.68. The van der Waals surface area contributed by atoms with Gasteiger partial charge in [-0.1, -0.05) is 6.92 Å². The van der Waals surface area contributed by atoms with Crippen LogP contribution >= 0.6 is 12.6 Å². The van der Waals surface area contributed by atoms with Crippen molar-refractivity contribution >= 4 is 24.5 Å². The molecular weight excluding hydrogens is 202 g/mol. The maximum atomic E-state index is 12.2. The highest BCUT2D eigenvalue weighted by atomic mass is 32.1. The Hall–Kier alpha value is -0.710. The van der Waals surface area contributed by atoms with Gasteiger partial charge in [-0.2, -0.15) is 12.6 Å². The first-order valence-electron chi connectivity index (χ1n) is 7.39. The standard InChI is InChI=1S/C9H15NO3S/c1-6(5-14)8(11)10-4-2-3-7(10)9(12)13/h6-7,14H,2-5H2,1H3,(H,12,13)/t6-,7+/m1/s1/i2D2,3D2,4D2,7D. The van der Waals surface area contributed by atoms with Crippen molar-refractivity contribution in [1.82, 2.24) is 4.90 Å². The molecule has 0 aliphatic carbocycles. The van der Waals surface area contributed by atoms with Crippen LogP contribution in [0.25, 0.3) is 0 Å². The van der Waals surface area contributed by atoms with Crippen LogP contribution in [0.4, 0.5) is 0 Å². The Morgan fingerprint density at radius 1 is 1.86 bits per heavy atom. The molecule has 5 heteroatoms. The second-order valence-corrected chi connectivity index (χ2v) is 3.14. The van der Waals surface area contributed by atoms with Gasteiger partial charge in [-0.15, -0.1) is 0 Å². The Balaban J connectivity index is 3.65. The molecule has 1 N–H and O–H groups in total. The molecule has 0 saturated carbocycles. The van der Waals surface area contributed by atoms with E-state index in [0.29, 0.717) is 0 Å². The van der Waals surface area contributed by atoms with Crippen LogP contribution in [0.2, 0.25) is 0 Å². The zero-order chi connectivity index (χ0) is 17.0. The molecule has 80 valence electrons. The molecule has 1 aliphatic heterocycles. The summed E-state index contributed by atoms with van der Waals surface area (Å²) in [4.78, 5) is 23.4. The first-order chi connectivity index (χ1) is 9.21. The van der Waals surface area contributed by atoms with Crippen molar-refractivity contribution in [3.8, 4) is 0 Å². The lowest BCUT2D eigenvalue weighted by Crippen LogP contribution is -2.43. The number of carboxylic acids is 1. The van der Waals surface area contributed by atoms with Crippen LogP contribution in [0, 0.1) is 5.92 Å². The third-order valence-corrected chi connectivity index (χ3v) is 2.24. The van der Waals surface area contributed by atoms with E-state index in [1.807, 2.05) is 0 Å². The maximum absolute atomic E-state index is 12.2. The van der Waals surface area contributed by atoms with E-state index in [1.54, 1.807) is 0 Å². The number of hydrogen-bond acceptors (Lipinski definition) is 3. The number of nitrogens with zero attached hydrogens (tertiary/aromatic N) is 1. The summed E-state index contributed by atoms with van der Waals surface area (Å²) in [5.74, 6) is -4.42. The summed E-state index contributed by atoms with van der Waals surface area (Å²) in [7, 11) is 0. The van der Waals surface area contributed by atoms with Crippen molar-refractivity contribution < 1.29 is 24.3 Å². The second-order valence-electron chi connectivity index (χ2n) is 2.77. The van der Waals surface area contributed by atoms with Gasteiger partial charge in [0.05, 0.1) is 1.37 Å². The molecule has 0 radical (unpaired) electrons. The van der Waals surface area contributed by atoms with Crippen molar-refractivity contribution in [2.75, 3.05) is 12.2 Å². The molecule has 0 aromatic rings. The Kier molecular flexibility index (Phi) is 1.63. The van der Waals surface area contributed by atoms with Gasteiger partial charge in [0.1, 0.15) is 6.02 Å². The Bertz CT molecular complexity index is 486. The van der Waals surface area contributed by atoms with Crippen molar-refractivity contribution in [3.05, 3.63) is 0 Å². The number of carboxylic acid groups (broad SMARTS) is 1. The minimum Gasteiger partial charge on any atom is -0.480 e. The fourth-order valence-electron chi connectivity index (χ4n) is 0.868. The van der Waals surface area contributed by atoms with Crippen LogP contribution in [0.15, 0.2) is 0 Å². The lowest BCUT2D eigenvalue weighted by Gasteiger charge is -2.24. The summed E-state index contributed by atoms with van der Waals surface area (Å²) in [6, 6.07) is -3.42. The van der Waals surface area contributed by atoms with E-state index in [0.717, 1.165) is 0 Å². The lowest BCUT2D eigenvalue weighted by molar-refractivity contribution is -0.149. The number of carbonyl (C=O) groups excluding carboxylic acids is 1. The molecule has 1 amide bonds. The molecule has 1 heterocycles. The predicted molar refractivity (Wildman–Crippen MR) is 55.4 cm³/mol. The van der Waals surface area contributed by atoms with Crippen LogP contribution in [0.5, 0.6) is 0 Å². The highest BCUT2D eigenvalue weighted by molar-refractivity contribution is 7.80. The Morgan fingerprint density at radius 3 is 3.00 bits per heavy atom. The zero-order valence-corrected chi connectivity index (χ0v) is 8.34. The van der Waals surface area contributed by atoms with Crippen molar-refractivity contribution in [1.29, 1.82) is 0 Å². The van der Waals surface area contributed by atoms with Gasteiger partial charge in [0, 0.05) is 26.4 Å². The van der Waals surface area contributed by atoms with E-state index in [-0.39, 0.29) is 10.7 Å². The van der Waals surface area contributed by atoms with Crippen LogP contribution < -0.4 is 0 Å². The molecule has 0 aromatic carbocycles. The van der Waals surface area contributed by atoms with Crippen molar-refractivity contribution in [2.24, 2.45) is 5.92 Å². The zero-order valence-electron chi connectivity index (χ0n) is 14.4. The highest BCUT2D eigenvalue weighted by Crippen LogP contribution is 2.20.